The number of fused-ring (bicyclic) bond motifs is 2. The van der Waals surface area contributed by atoms with Crippen molar-refractivity contribution in [3.8, 4) is 0 Å². The Labute approximate surface area is 140 Å². The van der Waals surface area contributed by atoms with Crippen molar-refractivity contribution in [2.45, 2.75) is 27.3 Å². The molecule has 6 nitrogen and oxygen atoms in total. The van der Waals surface area contributed by atoms with Crippen molar-refractivity contribution in [2.75, 3.05) is 11.9 Å². The van der Waals surface area contributed by atoms with E-state index in [-0.39, 0.29) is 0 Å². The molecule has 0 aliphatic heterocycles. The van der Waals surface area contributed by atoms with Crippen molar-refractivity contribution in [1.29, 1.82) is 0 Å². The molecule has 0 bridgehead atoms. The summed E-state index contributed by atoms with van der Waals surface area (Å²) in [6.45, 7) is 6.74. The molecule has 1 N–H and O–H groups in total. The van der Waals surface area contributed by atoms with Gasteiger partial charge in [-0.25, -0.2) is 9.97 Å². The third-order valence-corrected chi connectivity index (χ3v) is 4.12. The molecule has 6 heteroatoms. The highest BCUT2D eigenvalue weighted by Crippen LogP contribution is 2.20. The summed E-state index contributed by atoms with van der Waals surface area (Å²) < 4.78 is 1.88. The van der Waals surface area contributed by atoms with Crippen LogP contribution < -0.4 is 4.90 Å². The Hall–Kier alpha value is -2.89. The van der Waals surface area contributed by atoms with Gasteiger partial charge in [0, 0.05) is 24.9 Å². The molecule has 0 fully saturated rings. The Balaban J connectivity index is 1.71. The van der Waals surface area contributed by atoms with E-state index in [1.54, 1.807) is 0 Å². The second kappa shape index (κ2) is 5.33. The van der Waals surface area contributed by atoms with Gasteiger partial charge in [-0.3, -0.25) is 0 Å². The van der Waals surface area contributed by atoms with E-state index in [0.717, 1.165) is 39.7 Å². The SMILES string of the molecule is Cc1ccc2nc(CN(C)c3cc(C)nc4cc(C)nn34)[nH]c2c1. The van der Waals surface area contributed by atoms with Crippen LogP contribution in [-0.4, -0.2) is 31.6 Å². The minimum Gasteiger partial charge on any atom is -0.352 e. The fourth-order valence-corrected chi connectivity index (χ4v) is 3.02. The molecule has 4 aromatic rings. The summed E-state index contributed by atoms with van der Waals surface area (Å²) in [5, 5.41) is 4.55. The first kappa shape index (κ1) is 14.7. The first-order chi connectivity index (χ1) is 11.5. The third-order valence-electron chi connectivity index (χ3n) is 4.12. The van der Waals surface area contributed by atoms with Crippen LogP contribution in [0.1, 0.15) is 22.8 Å². The van der Waals surface area contributed by atoms with Crippen LogP contribution in [-0.2, 0) is 6.54 Å². The number of aryl methyl sites for hydroxylation is 3. The van der Waals surface area contributed by atoms with Crippen LogP contribution in [0.5, 0.6) is 0 Å². The zero-order chi connectivity index (χ0) is 16.8. The molecule has 122 valence electrons. The van der Waals surface area contributed by atoms with E-state index in [1.807, 2.05) is 37.5 Å². The van der Waals surface area contributed by atoms with Gasteiger partial charge in [0.2, 0.25) is 0 Å². The summed E-state index contributed by atoms with van der Waals surface area (Å²) in [5.41, 5.74) is 6.10. The number of hydrogen-bond donors (Lipinski definition) is 1. The molecule has 0 unspecified atom stereocenters. The average molecular weight is 320 g/mol. The summed E-state index contributed by atoms with van der Waals surface area (Å²) in [6.07, 6.45) is 0. The number of anilines is 1. The normalized spacial score (nSPS) is 11.5. The van der Waals surface area contributed by atoms with Crippen molar-refractivity contribution in [2.24, 2.45) is 0 Å². The lowest BCUT2D eigenvalue weighted by Crippen LogP contribution is -2.21. The molecule has 0 aliphatic carbocycles. The van der Waals surface area contributed by atoms with Gasteiger partial charge in [0.25, 0.3) is 0 Å². The molecule has 0 atom stereocenters. The minimum atomic E-state index is 0.672. The Kier molecular flexibility index (Phi) is 3.26. The monoisotopic (exact) mass is 320 g/mol. The molecule has 0 spiro atoms. The van der Waals surface area contributed by atoms with Gasteiger partial charge >= 0.3 is 0 Å². The van der Waals surface area contributed by atoms with E-state index in [9.17, 15) is 0 Å². The van der Waals surface area contributed by atoms with Crippen molar-refractivity contribution in [3.63, 3.8) is 0 Å². The van der Waals surface area contributed by atoms with Crippen LogP contribution in [0.2, 0.25) is 0 Å². The highest BCUT2D eigenvalue weighted by Gasteiger charge is 2.13. The molecule has 0 radical (unpaired) electrons. The largest absolute Gasteiger partial charge is 0.352 e. The zero-order valence-electron chi connectivity index (χ0n) is 14.3. The van der Waals surface area contributed by atoms with Gasteiger partial charge in [0.15, 0.2) is 5.65 Å². The van der Waals surface area contributed by atoms with Gasteiger partial charge < -0.3 is 9.88 Å². The van der Waals surface area contributed by atoms with E-state index in [2.05, 4.69) is 50.1 Å². The van der Waals surface area contributed by atoms with Crippen LogP contribution in [0.4, 0.5) is 5.82 Å². The number of aromatic nitrogens is 5. The maximum absolute atomic E-state index is 4.68. The number of benzene rings is 1. The van der Waals surface area contributed by atoms with Gasteiger partial charge in [-0.05, 0) is 38.5 Å². The van der Waals surface area contributed by atoms with Gasteiger partial charge in [-0.15, -0.1) is 0 Å². The fourth-order valence-electron chi connectivity index (χ4n) is 3.02. The number of aromatic amines is 1. The number of hydrogen-bond acceptors (Lipinski definition) is 4. The Morgan fingerprint density at radius 3 is 2.71 bits per heavy atom. The van der Waals surface area contributed by atoms with Crippen molar-refractivity contribution < 1.29 is 0 Å². The topological polar surface area (TPSA) is 62.1 Å². The van der Waals surface area contributed by atoms with Crippen molar-refractivity contribution >= 4 is 22.5 Å². The quantitative estimate of drug-likeness (QED) is 0.630. The zero-order valence-corrected chi connectivity index (χ0v) is 14.3. The van der Waals surface area contributed by atoms with E-state index in [0.29, 0.717) is 6.54 Å². The molecule has 0 amide bonds. The third kappa shape index (κ3) is 2.50. The second-order valence-electron chi connectivity index (χ2n) is 6.37. The lowest BCUT2D eigenvalue weighted by molar-refractivity contribution is 0.798. The average Bonchev–Trinajstić information content (AvgIpc) is 3.07. The van der Waals surface area contributed by atoms with Crippen LogP contribution in [0.15, 0.2) is 30.3 Å². The highest BCUT2D eigenvalue weighted by atomic mass is 15.3. The summed E-state index contributed by atoms with van der Waals surface area (Å²) in [5.74, 6) is 1.94. The fraction of sp³-hybridized carbons (Fsp3) is 0.278. The molecule has 0 saturated heterocycles. The lowest BCUT2D eigenvalue weighted by Gasteiger charge is -2.19. The molecule has 0 saturated carbocycles. The number of nitrogens with zero attached hydrogens (tertiary/aromatic N) is 5. The number of imidazole rings is 1. The number of H-pyrrole nitrogens is 1. The molecular formula is C18H20N6. The minimum absolute atomic E-state index is 0.672. The van der Waals surface area contributed by atoms with Gasteiger partial charge in [0.05, 0.1) is 23.3 Å². The predicted molar refractivity (Wildman–Crippen MR) is 95.4 cm³/mol. The molecule has 4 rings (SSSR count). The summed E-state index contributed by atoms with van der Waals surface area (Å²) >= 11 is 0. The number of nitrogens with one attached hydrogen (secondary N) is 1. The predicted octanol–water partition coefficient (Wildman–Crippen LogP) is 3.17. The molecule has 24 heavy (non-hydrogen) atoms. The first-order valence-corrected chi connectivity index (χ1v) is 8.00. The molecular weight excluding hydrogens is 300 g/mol. The molecule has 3 aromatic heterocycles. The molecule has 1 aromatic carbocycles. The van der Waals surface area contributed by atoms with Crippen molar-refractivity contribution in [3.05, 3.63) is 53.1 Å². The smallest absolute Gasteiger partial charge is 0.157 e. The maximum Gasteiger partial charge on any atom is 0.157 e. The number of rotatable bonds is 3. The van der Waals surface area contributed by atoms with Crippen LogP contribution in [0.25, 0.3) is 16.7 Å². The molecule has 0 aliphatic rings. The van der Waals surface area contributed by atoms with E-state index < -0.39 is 0 Å². The summed E-state index contributed by atoms with van der Waals surface area (Å²) in [7, 11) is 2.05. The van der Waals surface area contributed by atoms with Crippen molar-refractivity contribution in [1.82, 2.24) is 24.6 Å². The Bertz CT molecular complexity index is 1040. The van der Waals surface area contributed by atoms with Gasteiger partial charge in [-0.1, -0.05) is 6.07 Å². The van der Waals surface area contributed by atoms with Crippen LogP contribution >= 0.6 is 0 Å². The summed E-state index contributed by atoms with van der Waals surface area (Å²) in [6, 6.07) is 10.3. The van der Waals surface area contributed by atoms with Crippen LogP contribution in [0.3, 0.4) is 0 Å². The van der Waals surface area contributed by atoms with Crippen LogP contribution in [0, 0.1) is 20.8 Å². The Morgan fingerprint density at radius 1 is 1.04 bits per heavy atom. The van der Waals surface area contributed by atoms with Gasteiger partial charge in [0.1, 0.15) is 11.6 Å². The molecule has 3 heterocycles. The van der Waals surface area contributed by atoms with E-state index >= 15 is 0 Å². The van der Waals surface area contributed by atoms with E-state index in [1.165, 1.54) is 5.56 Å². The summed E-state index contributed by atoms with van der Waals surface area (Å²) in [4.78, 5) is 14.8. The first-order valence-electron chi connectivity index (χ1n) is 8.00. The highest BCUT2D eigenvalue weighted by molar-refractivity contribution is 5.75. The van der Waals surface area contributed by atoms with E-state index in [4.69, 9.17) is 0 Å². The second-order valence-corrected chi connectivity index (χ2v) is 6.37. The standard InChI is InChI=1S/C18H20N6/c1-11-5-6-14-15(7-11)21-16(20-14)10-23(4)18-9-12(2)19-17-8-13(3)22-24(17)18/h5-9H,10H2,1-4H3,(H,20,21). The lowest BCUT2D eigenvalue weighted by atomic mass is 10.2. The maximum atomic E-state index is 4.68. The van der Waals surface area contributed by atoms with Gasteiger partial charge in [-0.2, -0.15) is 9.61 Å². The Morgan fingerprint density at radius 2 is 1.88 bits per heavy atom.